The minimum Gasteiger partial charge on any atom is -0.481 e. The molecule has 1 atom stereocenters. The number of hydrogen-bond acceptors (Lipinski definition) is 3. The minimum atomic E-state index is -0.955. The number of carboxylic acid groups (broad SMARTS) is 1. The molecule has 1 unspecified atom stereocenters. The monoisotopic (exact) mass is 362 g/mol. The van der Waals surface area contributed by atoms with Crippen LogP contribution in [0.2, 0.25) is 0 Å². The van der Waals surface area contributed by atoms with E-state index >= 15 is 0 Å². The second kappa shape index (κ2) is 6.69. The summed E-state index contributed by atoms with van der Waals surface area (Å²) in [6, 6.07) is 4.88. The van der Waals surface area contributed by atoms with Crippen molar-refractivity contribution in [2.75, 3.05) is 5.32 Å². The fraction of sp³-hybridized carbons (Fsp3) is 0.333. The van der Waals surface area contributed by atoms with Crippen LogP contribution in [0.3, 0.4) is 0 Å². The molecule has 0 saturated carbocycles. The molecule has 18 heavy (non-hydrogen) atoms. The maximum absolute atomic E-state index is 11.8. The number of carboxylic acids is 1. The molecule has 1 amide bonds. The van der Waals surface area contributed by atoms with E-state index in [0.717, 1.165) is 9.13 Å². The highest BCUT2D eigenvalue weighted by Gasteiger charge is 2.15. The minimum absolute atomic E-state index is 0.111. The number of carbonyl (C=O) groups is 2. The molecule has 0 aliphatic carbocycles. The molecule has 0 aromatic heterocycles. The smallest absolute Gasteiger partial charge is 0.303 e. The van der Waals surface area contributed by atoms with E-state index in [2.05, 4.69) is 27.9 Å². The third-order valence-corrected chi connectivity index (χ3v) is 3.13. The Balaban J connectivity index is 2.63. The van der Waals surface area contributed by atoms with Crippen LogP contribution in [0.5, 0.6) is 0 Å². The molecular formula is C12H15IN2O3. The average Bonchev–Trinajstić information content (AvgIpc) is 2.30. The van der Waals surface area contributed by atoms with Gasteiger partial charge in [-0.15, -0.1) is 0 Å². The highest BCUT2D eigenvalue weighted by Crippen LogP contribution is 2.18. The van der Waals surface area contributed by atoms with Gasteiger partial charge in [0.25, 0.3) is 0 Å². The molecule has 4 N–H and O–H groups in total. The zero-order chi connectivity index (χ0) is 13.7. The molecule has 5 nitrogen and oxygen atoms in total. The van der Waals surface area contributed by atoms with E-state index in [1.165, 1.54) is 0 Å². The SMILES string of the molecule is Cc1ccc(I)cc1NC(=O)C(N)CCC(=O)O. The van der Waals surface area contributed by atoms with E-state index in [9.17, 15) is 9.59 Å². The van der Waals surface area contributed by atoms with Crippen molar-refractivity contribution in [3.63, 3.8) is 0 Å². The normalized spacial score (nSPS) is 11.9. The van der Waals surface area contributed by atoms with Crippen molar-refractivity contribution in [1.29, 1.82) is 0 Å². The Morgan fingerprint density at radius 2 is 2.17 bits per heavy atom. The first-order valence-electron chi connectivity index (χ1n) is 5.44. The number of hydrogen-bond donors (Lipinski definition) is 3. The van der Waals surface area contributed by atoms with Crippen LogP contribution in [-0.4, -0.2) is 23.0 Å². The van der Waals surface area contributed by atoms with Gasteiger partial charge in [-0.2, -0.15) is 0 Å². The fourth-order valence-corrected chi connectivity index (χ4v) is 1.86. The molecular weight excluding hydrogens is 347 g/mol. The zero-order valence-electron chi connectivity index (χ0n) is 9.94. The number of aliphatic carboxylic acids is 1. The number of carbonyl (C=O) groups excluding carboxylic acids is 1. The first-order valence-corrected chi connectivity index (χ1v) is 6.52. The summed E-state index contributed by atoms with van der Waals surface area (Å²) in [5, 5.41) is 11.2. The lowest BCUT2D eigenvalue weighted by Gasteiger charge is -2.13. The number of nitrogens with two attached hydrogens (primary N) is 1. The summed E-state index contributed by atoms with van der Waals surface area (Å²) in [7, 11) is 0. The van der Waals surface area contributed by atoms with Gasteiger partial charge in [-0.05, 0) is 53.6 Å². The second-order valence-corrected chi connectivity index (χ2v) is 5.23. The van der Waals surface area contributed by atoms with E-state index in [1.807, 2.05) is 25.1 Å². The topological polar surface area (TPSA) is 92.4 Å². The largest absolute Gasteiger partial charge is 0.481 e. The first kappa shape index (κ1) is 14.9. The summed E-state index contributed by atoms with van der Waals surface area (Å²) in [4.78, 5) is 22.2. The molecule has 0 bridgehead atoms. The third-order valence-electron chi connectivity index (χ3n) is 2.46. The molecule has 0 aliphatic rings. The Hall–Kier alpha value is -1.15. The molecule has 1 aromatic carbocycles. The van der Waals surface area contributed by atoms with Crippen LogP contribution in [0.25, 0.3) is 0 Å². The maximum Gasteiger partial charge on any atom is 0.303 e. The van der Waals surface area contributed by atoms with E-state index in [0.29, 0.717) is 5.69 Å². The van der Waals surface area contributed by atoms with E-state index < -0.39 is 12.0 Å². The summed E-state index contributed by atoms with van der Waals surface area (Å²) in [5.41, 5.74) is 7.27. The lowest BCUT2D eigenvalue weighted by atomic mass is 10.1. The quantitative estimate of drug-likeness (QED) is 0.696. The summed E-state index contributed by atoms with van der Waals surface area (Å²) < 4.78 is 1.01. The molecule has 1 rings (SSSR count). The first-order chi connectivity index (χ1) is 8.40. The van der Waals surface area contributed by atoms with Gasteiger partial charge in [0.1, 0.15) is 0 Å². The molecule has 0 radical (unpaired) electrons. The summed E-state index contributed by atoms with van der Waals surface area (Å²) in [6.07, 6.45) is 0.0179. The van der Waals surface area contributed by atoms with Crippen molar-refractivity contribution >= 4 is 40.2 Å². The predicted octanol–water partition coefficient (Wildman–Crippen LogP) is 1.73. The third kappa shape index (κ3) is 4.61. The molecule has 98 valence electrons. The van der Waals surface area contributed by atoms with Crippen LogP contribution >= 0.6 is 22.6 Å². The van der Waals surface area contributed by atoms with Crippen LogP contribution in [0.15, 0.2) is 18.2 Å². The lowest BCUT2D eigenvalue weighted by molar-refractivity contribution is -0.137. The standard InChI is InChI=1S/C12H15IN2O3/c1-7-2-3-8(13)6-10(7)15-12(18)9(14)4-5-11(16)17/h2-3,6,9H,4-5,14H2,1H3,(H,15,18)(H,16,17). The van der Waals surface area contributed by atoms with E-state index in [-0.39, 0.29) is 18.7 Å². The second-order valence-electron chi connectivity index (χ2n) is 3.99. The number of halogens is 1. The molecule has 0 spiro atoms. The highest BCUT2D eigenvalue weighted by atomic mass is 127. The Morgan fingerprint density at radius 3 is 2.78 bits per heavy atom. The number of benzene rings is 1. The van der Waals surface area contributed by atoms with Crippen LogP contribution in [0.4, 0.5) is 5.69 Å². The Kier molecular flexibility index (Phi) is 5.54. The van der Waals surface area contributed by atoms with Crippen LogP contribution in [0.1, 0.15) is 18.4 Å². The van der Waals surface area contributed by atoms with Gasteiger partial charge in [-0.1, -0.05) is 6.07 Å². The van der Waals surface area contributed by atoms with Crippen LogP contribution in [-0.2, 0) is 9.59 Å². The number of anilines is 1. The zero-order valence-corrected chi connectivity index (χ0v) is 12.1. The van der Waals surface area contributed by atoms with Gasteiger partial charge >= 0.3 is 5.97 Å². The van der Waals surface area contributed by atoms with E-state index in [1.54, 1.807) is 0 Å². The van der Waals surface area contributed by atoms with Gasteiger partial charge in [-0.25, -0.2) is 0 Å². The lowest BCUT2D eigenvalue weighted by Crippen LogP contribution is -2.36. The molecule has 0 fully saturated rings. The molecule has 0 saturated heterocycles. The molecule has 1 aromatic rings. The number of amides is 1. The van der Waals surface area contributed by atoms with Gasteiger partial charge < -0.3 is 16.2 Å². The van der Waals surface area contributed by atoms with Crippen LogP contribution < -0.4 is 11.1 Å². The van der Waals surface area contributed by atoms with Crippen molar-refractivity contribution in [3.8, 4) is 0 Å². The predicted molar refractivity (Wildman–Crippen MR) is 77.4 cm³/mol. The number of nitrogens with one attached hydrogen (secondary N) is 1. The van der Waals surface area contributed by atoms with Gasteiger partial charge in [0, 0.05) is 15.7 Å². The molecule has 6 heteroatoms. The Morgan fingerprint density at radius 1 is 1.50 bits per heavy atom. The Bertz CT molecular complexity index is 463. The van der Waals surface area contributed by atoms with Crippen LogP contribution in [0, 0.1) is 10.5 Å². The van der Waals surface area contributed by atoms with Crippen molar-refractivity contribution in [2.24, 2.45) is 5.73 Å². The maximum atomic E-state index is 11.8. The summed E-state index contributed by atoms with van der Waals surface area (Å²) in [5.74, 6) is -1.31. The number of aryl methyl sites for hydroxylation is 1. The molecule has 0 heterocycles. The fourth-order valence-electron chi connectivity index (χ4n) is 1.36. The van der Waals surface area contributed by atoms with E-state index in [4.69, 9.17) is 10.8 Å². The highest BCUT2D eigenvalue weighted by molar-refractivity contribution is 14.1. The average molecular weight is 362 g/mol. The summed E-state index contributed by atoms with van der Waals surface area (Å²) in [6.45, 7) is 1.88. The van der Waals surface area contributed by atoms with Gasteiger partial charge in [0.2, 0.25) is 5.91 Å². The molecule has 0 aliphatic heterocycles. The summed E-state index contributed by atoms with van der Waals surface area (Å²) >= 11 is 2.15. The van der Waals surface area contributed by atoms with Gasteiger partial charge in [-0.3, -0.25) is 9.59 Å². The van der Waals surface area contributed by atoms with Crippen molar-refractivity contribution < 1.29 is 14.7 Å². The van der Waals surface area contributed by atoms with Crippen molar-refractivity contribution in [3.05, 3.63) is 27.3 Å². The van der Waals surface area contributed by atoms with Crippen molar-refractivity contribution in [1.82, 2.24) is 0 Å². The van der Waals surface area contributed by atoms with Crippen molar-refractivity contribution in [2.45, 2.75) is 25.8 Å². The van der Waals surface area contributed by atoms with Gasteiger partial charge in [0.15, 0.2) is 0 Å². The Labute approximate surface area is 119 Å². The van der Waals surface area contributed by atoms with Gasteiger partial charge in [0.05, 0.1) is 6.04 Å². The number of rotatable bonds is 5.